The Hall–Kier alpha value is -1.58. The van der Waals surface area contributed by atoms with Gasteiger partial charge in [-0.1, -0.05) is 29.8 Å². The molecule has 0 spiro atoms. The molecule has 0 saturated carbocycles. The first kappa shape index (κ1) is 12.5. The molecule has 4 heteroatoms. The van der Waals surface area contributed by atoms with Crippen molar-refractivity contribution in [2.45, 2.75) is 12.5 Å². The molecule has 2 aromatic carbocycles. The highest BCUT2D eigenvalue weighted by molar-refractivity contribution is 6.31. The maximum atomic E-state index is 13.9. The molecule has 0 fully saturated rings. The lowest BCUT2D eigenvalue weighted by Gasteiger charge is -2.12. The number of nitrogens with two attached hydrogens (primary N) is 1. The zero-order valence-electron chi connectivity index (χ0n) is 10.2. The molecule has 98 valence electrons. The second-order valence-electron chi connectivity index (χ2n) is 4.60. The molecule has 0 aliphatic carbocycles. The second-order valence-corrected chi connectivity index (χ2v) is 5.04. The Morgan fingerprint density at radius 3 is 2.79 bits per heavy atom. The number of halogens is 2. The Kier molecular flexibility index (Phi) is 3.17. The van der Waals surface area contributed by atoms with Crippen molar-refractivity contribution in [2.24, 2.45) is 5.73 Å². The molecule has 1 aliphatic rings. The van der Waals surface area contributed by atoms with Crippen molar-refractivity contribution in [3.8, 4) is 16.9 Å². The first-order valence-electron chi connectivity index (χ1n) is 6.13. The molecule has 0 bridgehead atoms. The minimum atomic E-state index is -0.285. The standard InChI is InChI=1S/C15H13ClFNO/c16-10-5-9-6-11(8-18)19-15(9)13(7-10)12-3-1-2-4-14(12)17/h1-5,7,11H,6,8,18H2/t11-/m0/s1. The van der Waals surface area contributed by atoms with Crippen LogP contribution in [0, 0.1) is 5.82 Å². The van der Waals surface area contributed by atoms with Gasteiger partial charge in [0.05, 0.1) is 0 Å². The van der Waals surface area contributed by atoms with Crippen LogP contribution in [-0.2, 0) is 6.42 Å². The van der Waals surface area contributed by atoms with Gasteiger partial charge in [-0.25, -0.2) is 4.39 Å². The highest BCUT2D eigenvalue weighted by atomic mass is 35.5. The Bertz CT molecular complexity index is 630. The van der Waals surface area contributed by atoms with Crippen molar-refractivity contribution < 1.29 is 9.13 Å². The maximum Gasteiger partial charge on any atom is 0.131 e. The van der Waals surface area contributed by atoms with Crippen LogP contribution in [0.3, 0.4) is 0 Å². The third-order valence-corrected chi connectivity index (χ3v) is 3.51. The van der Waals surface area contributed by atoms with Gasteiger partial charge in [0.25, 0.3) is 0 Å². The third kappa shape index (κ3) is 2.20. The summed E-state index contributed by atoms with van der Waals surface area (Å²) < 4.78 is 19.7. The van der Waals surface area contributed by atoms with Gasteiger partial charge in [-0.05, 0) is 23.8 Å². The summed E-state index contributed by atoms with van der Waals surface area (Å²) in [4.78, 5) is 0. The van der Waals surface area contributed by atoms with Gasteiger partial charge in [0.15, 0.2) is 0 Å². The summed E-state index contributed by atoms with van der Waals surface area (Å²) in [5.41, 5.74) is 7.82. The van der Waals surface area contributed by atoms with E-state index in [2.05, 4.69) is 0 Å². The normalized spacial score (nSPS) is 17.1. The molecule has 1 atom stereocenters. The van der Waals surface area contributed by atoms with Crippen LogP contribution in [-0.4, -0.2) is 12.6 Å². The van der Waals surface area contributed by atoms with Gasteiger partial charge in [-0.3, -0.25) is 0 Å². The lowest BCUT2D eigenvalue weighted by Crippen LogP contribution is -2.24. The van der Waals surface area contributed by atoms with Crippen LogP contribution in [0.1, 0.15) is 5.56 Å². The average molecular weight is 278 g/mol. The summed E-state index contributed by atoms with van der Waals surface area (Å²) >= 11 is 6.11. The van der Waals surface area contributed by atoms with Crippen molar-refractivity contribution in [3.05, 3.63) is 52.8 Å². The fourth-order valence-corrected chi connectivity index (χ4v) is 2.65. The number of hydrogen-bond acceptors (Lipinski definition) is 2. The van der Waals surface area contributed by atoms with E-state index in [1.807, 2.05) is 6.07 Å². The summed E-state index contributed by atoms with van der Waals surface area (Å²) in [7, 11) is 0. The van der Waals surface area contributed by atoms with Crippen LogP contribution in [0.4, 0.5) is 4.39 Å². The molecule has 1 heterocycles. The van der Waals surface area contributed by atoms with Crippen LogP contribution >= 0.6 is 11.6 Å². The summed E-state index contributed by atoms with van der Waals surface area (Å²) in [5.74, 6) is 0.414. The van der Waals surface area contributed by atoms with Crippen LogP contribution in [0.5, 0.6) is 5.75 Å². The van der Waals surface area contributed by atoms with Gasteiger partial charge < -0.3 is 10.5 Å². The van der Waals surface area contributed by atoms with E-state index in [4.69, 9.17) is 22.1 Å². The number of rotatable bonds is 2. The van der Waals surface area contributed by atoms with E-state index in [-0.39, 0.29) is 11.9 Å². The minimum absolute atomic E-state index is 0.0565. The van der Waals surface area contributed by atoms with Crippen molar-refractivity contribution in [1.29, 1.82) is 0 Å². The topological polar surface area (TPSA) is 35.2 Å². The summed E-state index contributed by atoms with van der Waals surface area (Å²) in [6, 6.07) is 10.2. The SMILES string of the molecule is NC[C@@H]1Cc2cc(Cl)cc(-c3ccccc3F)c2O1. The second kappa shape index (κ2) is 4.83. The average Bonchev–Trinajstić information content (AvgIpc) is 2.81. The Labute approximate surface area is 115 Å². The van der Waals surface area contributed by atoms with Crippen molar-refractivity contribution in [2.75, 3.05) is 6.54 Å². The van der Waals surface area contributed by atoms with E-state index in [0.717, 1.165) is 5.56 Å². The third-order valence-electron chi connectivity index (χ3n) is 3.29. The largest absolute Gasteiger partial charge is 0.488 e. The van der Waals surface area contributed by atoms with Gasteiger partial charge in [0.1, 0.15) is 17.7 Å². The maximum absolute atomic E-state index is 13.9. The first-order valence-corrected chi connectivity index (χ1v) is 6.51. The predicted molar refractivity (Wildman–Crippen MR) is 74.0 cm³/mol. The fourth-order valence-electron chi connectivity index (χ4n) is 2.41. The Morgan fingerprint density at radius 1 is 1.26 bits per heavy atom. The highest BCUT2D eigenvalue weighted by Gasteiger charge is 2.26. The lowest BCUT2D eigenvalue weighted by atomic mass is 10.00. The molecule has 0 amide bonds. The Balaban J connectivity index is 2.16. The Morgan fingerprint density at radius 2 is 2.05 bits per heavy atom. The van der Waals surface area contributed by atoms with Crippen LogP contribution in [0.15, 0.2) is 36.4 Å². The molecule has 2 N–H and O–H groups in total. The lowest BCUT2D eigenvalue weighted by molar-refractivity contribution is 0.242. The van der Waals surface area contributed by atoms with Gasteiger partial charge in [-0.15, -0.1) is 0 Å². The monoisotopic (exact) mass is 277 g/mol. The molecule has 3 rings (SSSR count). The van der Waals surface area contributed by atoms with Crippen LogP contribution in [0.2, 0.25) is 5.02 Å². The summed E-state index contributed by atoms with van der Waals surface area (Å²) in [6.07, 6.45) is 0.660. The highest BCUT2D eigenvalue weighted by Crippen LogP contribution is 2.41. The van der Waals surface area contributed by atoms with Gasteiger partial charge in [-0.2, -0.15) is 0 Å². The van der Waals surface area contributed by atoms with E-state index in [0.29, 0.717) is 34.9 Å². The van der Waals surface area contributed by atoms with Crippen LogP contribution in [0.25, 0.3) is 11.1 Å². The molecule has 2 nitrogen and oxygen atoms in total. The van der Waals surface area contributed by atoms with Crippen molar-refractivity contribution in [3.63, 3.8) is 0 Å². The van der Waals surface area contributed by atoms with Crippen molar-refractivity contribution in [1.82, 2.24) is 0 Å². The summed E-state index contributed by atoms with van der Waals surface area (Å²) in [5, 5.41) is 0.582. The number of benzene rings is 2. The zero-order chi connectivity index (χ0) is 13.4. The molecule has 0 aromatic heterocycles. The molecular formula is C15H13ClFNO. The van der Waals surface area contributed by atoms with Gasteiger partial charge in [0.2, 0.25) is 0 Å². The van der Waals surface area contributed by atoms with E-state index in [9.17, 15) is 4.39 Å². The first-order chi connectivity index (χ1) is 9.19. The van der Waals surface area contributed by atoms with Gasteiger partial charge in [0, 0.05) is 29.1 Å². The zero-order valence-corrected chi connectivity index (χ0v) is 11.0. The molecule has 0 radical (unpaired) electrons. The predicted octanol–water partition coefficient (Wildman–Crippen LogP) is 3.41. The van der Waals surface area contributed by atoms with Crippen LogP contribution < -0.4 is 10.5 Å². The fraction of sp³-hybridized carbons (Fsp3) is 0.200. The van der Waals surface area contributed by atoms with E-state index >= 15 is 0 Å². The number of fused-ring (bicyclic) bond motifs is 1. The number of ether oxygens (including phenoxy) is 1. The molecule has 0 unspecified atom stereocenters. The van der Waals surface area contributed by atoms with Gasteiger partial charge >= 0.3 is 0 Å². The van der Waals surface area contributed by atoms with E-state index in [1.165, 1.54) is 6.07 Å². The molecule has 19 heavy (non-hydrogen) atoms. The summed E-state index contributed by atoms with van der Waals surface area (Å²) in [6.45, 7) is 0.434. The smallest absolute Gasteiger partial charge is 0.131 e. The minimum Gasteiger partial charge on any atom is -0.488 e. The molecule has 0 saturated heterocycles. The number of hydrogen-bond donors (Lipinski definition) is 1. The van der Waals surface area contributed by atoms with E-state index < -0.39 is 0 Å². The quantitative estimate of drug-likeness (QED) is 0.913. The van der Waals surface area contributed by atoms with Crippen molar-refractivity contribution >= 4 is 11.6 Å². The molecular weight excluding hydrogens is 265 g/mol. The van der Waals surface area contributed by atoms with E-state index in [1.54, 1.807) is 24.3 Å². The molecule has 2 aromatic rings. The molecule has 1 aliphatic heterocycles.